The molecule has 1 N–H and O–H groups in total. The third-order valence-corrected chi connectivity index (χ3v) is 2.96. The van der Waals surface area contributed by atoms with E-state index in [1.165, 1.54) is 12.1 Å². The van der Waals surface area contributed by atoms with Crippen LogP contribution in [0.15, 0.2) is 63.6 Å². The molecule has 2 heterocycles. The van der Waals surface area contributed by atoms with Crippen molar-refractivity contribution in [2.24, 2.45) is 0 Å². The van der Waals surface area contributed by atoms with E-state index in [-0.39, 0.29) is 17.5 Å². The van der Waals surface area contributed by atoms with Crippen LogP contribution in [0, 0.1) is 5.82 Å². The van der Waals surface area contributed by atoms with Crippen LogP contribution in [0.3, 0.4) is 0 Å². The summed E-state index contributed by atoms with van der Waals surface area (Å²) in [6.45, 7) is 0.290. The topological polar surface area (TPSA) is 55.4 Å². The Labute approximate surface area is 120 Å². The van der Waals surface area contributed by atoms with Crippen molar-refractivity contribution in [1.29, 1.82) is 0 Å². The fourth-order valence-corrected chi connectivity index (χ4v) is 1.90. The Morgan fingerprint density at radius 1 is 1.10 bits per heavy atom. The Bertz CT molecular complexity index is 729. The molecule has 106 valence electrons. The van der Waals surface area contributed by atoms with Gasteiger partial charge < -0.3 is 14.2 Å². The first-order valence-corrected chi connectivity index (χ1v) is 6.39. The highest BCUT2D eigenvalue weighted by Crippen LogP contribution is 2.22. The first-order valence-electron chi connectivity index (χ1n) is 6.39. The predicted molar refractivity (Wildman–Crippen MR) is 74.0 cm³/mol. The molecular weight excluding hydrogens is 273 g/mol. The Morgan fingerprint density at radius 2 is 1.90 bits per heavy atom. The van der Waals surface area contributed by atoms with Gasteiger partial charge in [-0.25, -0.2) is 4.39 Å². The lowest BCUT2D eigenvalue weighted by Gasteiger charge is -2.00. The lowest BCUT2D eigenvalue weighted by Crippen LogP contribution is -2.21. The number of amides is 1. The number of furan rings is 2. The third kappa shape index (κ3) is 3.02. The van der Waals surface area contributed by atoms with Crippen molar-refractivity contribution in [3.05, 3.63) is 72.1 Å². The summed E-state index contributed by atoms with van der Waals surface area (Å²) in [5, 5.41) is 2.69. The average Bonchev–Trinajstić information content (AvgIpc) is 3.17. The monoisotopic (exact) mass is 285 g/mol. The van der Waals surface area contributed by atoms with E-state index in [1.54, 1.807) is 42.7 Å². The molecule has 3 aromatic rings. The largest absolute Gasteiger partial charge is 0.467 e. The molecular formula is C16H12FNO3. The summed E-state index contributed by atoms with van der Waals surface area (Å²) in [4.78, 5) is 11.9. The fraction of sp³-hybridized carbons (Fsp3) is 0.0625. The molecule has 5 heteroatoms. The summed E-state index contributed by atoms with van der Waals surface area (Å²) in [6.07, 6.45) is 1.54. The molecule has 1 amide bonds. The number of benzene rings is 1. The second-order valence-electron chi connectivity index (χ2n) is 4.43. The molecule has 0 saturated heterocycles. The van der Waals surface area contributed by atoms with E-state index in [0.29, 0.717) is 23.6 Å². The van der Waals surface area contributed by atoms with Crippen molar-refractivity contribution < 1.29 is 18.0 Å². The van der Waals surface area contributed by atoms with Crippen molar-refractivity contribution in [2.45, 2.75) is 6.54 Å². The van der Waals surface area contributed by atoms with E-state index in [1.807, 2.05) is 0 Å². The molecule has 0 aliphatic rings. The zero-order valence-electron chi connectivity index (χ0n) is 11.0. The minimum absolute atomic E-state index is 0.195. The van der Waals surface area contributed by atoms with Gasteiger partial charge in [-0.1, -0.05) is 0 Å². The molecule has 0 atom stereocenters. The van der Waals surface area contributed by atoms with E-state index in [2.05, 4.69) is 5.32 Å². The number of carbonyl (C=O) groups excluding carboxylic acids is 1. The van der Waals surface area contributed by atoms with Gasteiger partial charge >= 0.3 is 0 Å². The summed E-state index contributed by atoms with van der Waals surface area (Å²) in [6, 6.07) is 12.7. The highest BCUT2D eigenvalue weighted by Gasteiger charge is 2.12. The molecule has 21 heavy (non-hydrogen) atoms. The Morgan fingerprint density at radius 3 is 2.62 bits per heavy atom. The molecule has 2 aromatic heterocycles. The van der Waals surface area contributed by atoms with Gasteiger partial charge in [0.2, 0.25) is 0 Å². The SMILES string of the molecule is O=C(NCc1ccco1)c1ccc(-c2ccc(F)cc2)o1. The van der Waals surface area contributed by atoms with E-state index in [0.717, 1.165) is 0 Å². The zero-order chi connectivity index (χ0) is 14.7. The number of hydrogen-bond acceptors (Lipinski definition) is 3. The van der Waals surface area contributed by atoms with Gasteiger partial charge in [0.15, 0.2) is 5.76 Å². The molecule has 3 rings (SSSR count). The van der Waals surface area contributed by atoms with Crippen LogP contribution in [-0.2, 0) is 6.54 Å². The van der Waals surface area contributed by atoms with E-state index >= 15 is 0 Å². The summed E-state index contributed by atoms with van der Waals surface area (Å²) in [5.41, 5.74) is 0.710. The lowest BCUT2D eigenvalue weighted by molar-refractivity contribution is 0.0921. The number of hydrogen-bond donors (Lipinski definition) is 1. The molecule has 0 aliphatic heterocycles. The first-order chi connectivity index (χ1) is 10.2. The van der Waals surface area contributed by atoms with Gasteiger partial charge in [0, 0.05) is 5.56 Å². The molecule has 4 nitrogen and oxygen atoms in total. The van der Waals surface area contributed by atoms with Crippen LogP contribution in [-0.4, -0.2) is 5.91 Å². The Balaban J connectivity index is 1.69. The summed E-state index contributed by atoms with van der Waals surface area (Å²) < 4.78 is 23.5. The van der Waals surface area contributed by atoms with Gasteiger partial charge in [-0.15, -0.1) is 0 Å². The minimum atomic E-state index is -0.334. The standard InChI is InChI=1S/C16H12FNO3/c17-12-5-3-11(4-6-12)14-7-8-15(21-14)16(19)18-10-13-2-1-9-20-13/h1-9H,10H2,(H,18,19). The summed E-state index contributed by atoms with van der Waals surface area (Å²) >= 11 is 0. The molecule has 0 aliphatic carbocycles. The molecule has 0 unspecified atom stereocenters. The quantitative estimate of drug-likeness (QED) is 0.796. The molecule has 1 aromatic carbocycles. The van der Waals surface area contributed by atoms with Crippen LogP contribution < -0.4 is 5.32 Å². The predicted octanol–water partition coefficient (Wildman–Crippen LogP) is 3.61. The van der Waals surface area contributed by atoms with Crippen LogP contribution in [0.2, 0.25) is 0 Å². The second-order valence-corrected chi connectivity index (χ2v) is 4.43. The number of carbonyl (C=O) groups is 1. The van der Waals surface area contributed by atoms with Crippen LogP contribution in [0.25, 0.3) is 11.3 Å². The average molecular weight is 285 g/mol. The molecule has 0 bridgehead atoms. The first kappa shape index (κ1) is 13.2. The molecule has 0 spiro atoms. The maximum atomic E-state index is 12.9. The van der Waals surface area contributed by atoms with Crippen molar-refractivity contribution in [3.63, 3.8) is 0 Å². The van der Waals surface area contributed by atoms with Gasteiger partial charge in [-0.05, 0) is 48.5 Å². The molecule has 0 saturated carbocycles. The van der Waals surface area contributed by atoms with Crippen molar-refractivity contribution in [1.82, 2.24) is 5.32 Å². The normalized spacial score (nSPS) is 10.5. The highest BCUT2D eigenvalue weighted by atomic mass is 19.1. The fourth-order valence-electron chi connectivity index (χ4n) is 1.90. The van der Waals surface area contributed by atoms with Gasteiger partial charge in [0.05, 0.1) is 12.8 Å². The van der Waals surface area contributed by atoms with Crippen molar-refractivity contribution in [3.8, 4) is 11.3 Å². The highest BCUT2D eigenvalue weighted by molar-refractivity contribution is 5.91. The van der Waals surface area contributed by atoms with Crippen LogP contribution in [0.4, 0.5) is 4.39 Å². The maximum Gasteiger partial charge on any atom is 0.287 e. The summed E-state index contributed by atoms with van der Waals surface area (Å²) in [7, 11) is 0. The van der Waals surface area contributed by atoms with Crippen molar-refractivity contribution >= 4 is 5.91 Å². The van der Waals surface area contributed by atoms with Gasteiger partial charge in [0.1, 0.15) is 17.3 Å². The maximum absolute atomic E-state index is 12.9. The number of rotatable bonds is 4. The second kappa shape index (κ2) is 5.66. The lowest BCUT2D eigenvalue weighted by atomic mass is 10.2. The van der Waals surface area contributed by atoms with E-state index in [4.69, 9.17) is 8.83 Å². The van der Waals surface area contributed by atoms with Gasteiger partial charge in [0.25, 0.3) is 5.91 Å². The third-order valence-electron chi connectivity index (χ3n) is 2.96. The van der Waals surface area contributed by atoms with E-state index in [9.17, 15) is 9.18 Å². The minimum Gasteiger partial charge on any atom is -0.467 e. The molecule has 0 radical (unpaired) electrons. The smallest absolute Gasteiger partial charge is 0.287 e. The van der Waals surface area contributed by atoms with Crippen molar-refractivity contribution in [2.75, 3.05) is 0 Å². The van der Waals surface area contributed by atoms with Crippen LogP contribution in [0.1, 0.15) is 16.3 Å². The molecule has 0 fully saturated rings. The number of nitrogens with one attached hydrogen (secondary N) is 1. The van der Waals surface area contributed by atoms with Gasteiger partial charge in [-0.3, -0.25) is 4.79 Å². The Kier molecular flexibility index (Phi) is 3.55. The number of halogens is 1. The van der Waals surface area contributed by atoms with Gasteiger partial charge in [-0.2, -0.15) is 0 Å². The van der Waals surface area contributed by atoms with E-state index < -0.39 is 0 Å². The van der Waals surface area contributed by atoms with Crippen LogP contribution in [0.5, 0.6) is 0 Å². The van der Waals surface area contributed by atoms with Crippen LogP contribution >= 0.6 is 0 Å². The Hall–Kier alpha value is -2.82. The summed E-state index contributed by atoms with van der Waals surface area (Å²) in [5.74, 6) is 0.717. The zero-order valence-corrected chi connectivity index (χ0v) is 11.0.